The fraction of sp³-hybridized carbons (Fsp3) is 0.375. The number of aromatic hydroxyl groups is 1. The second-order valence-corrected chi connectivity index (χ2v) is 9.62. The number of carbonyl (C=O) groups excluding carboxylic acids is 4. The number of urea groups is 1. The van der Waals surface area contributed by atoms with Crippen LogP contribution in [0.3, 0.4) is 0 Å². The summed E-state index contributed by atoms with van der Waals surface area (Å²) >= 11 is 0. The third-order valence-corrected chi connectivity index (χ3v) is 7.33. The van der Waals surface area contributed by atoms with Gasteiger partial charge in [-0.2, -0.15) is 5.10 Å². The van der Waals surface area contributed by atoms with E-state index < -0.39 is 69.8 Å². The number of aliphatic hydroxyl groups excluding tert-OH is 2. The molecule has 9 N–H and O–H groups in total. The summed E-state index contributed by atoms with van der Waals surface area (Å²) in [6.07, 6.45) is 0.0400. The lowest BCUT2D eigenvalue weighted by molar-refractivity contribution is -0.148. The first kappa shape index (κ1) is 25.9. The minimum atomic E-state index is -2.71. The third-order valence-electron chi connectivity index (χ3n) is 7.33. The van der Waals surface area contributed by atoms with Crippen LogP contribution in [0.5, 0.6) is 5.75 Å². The summed E-state index contributed by atoms with van der Waals surface area (Å²) in [6, 6.07) is 0.770. The molecule has 0 heterocycles. The number of phenols is 1. The Labute approximate surface area is 210 Å². The maximum atomic E-state index is 13.6. The molecule has 4 atom stereocenters. The van der Waals surface area contributed by atoms with Crippen molar-refractivity contribution in [1.82, 2.24) is 10.3 Å². The normalized spacial score (nSPS) is 27.6. The average molecular weight is 514 g/mol. The average Bonchev–Trinajstić information content (AvgIpc) is 2.79. The quantitative estimate of drug-likeness (QED) is 0.156. The number of benzene rings is 1. The van der Waals surface area contributed by atoms with Gasteiger partial charge in [-0.25, -0.2) is 10.2 Å². The van der Waals surface area contributed by atoms with Gasteiger partial charge < -0.3 is 31.9 Å². The smallest absolute Gasteiger partial charge is 0.332 e. The molecule has 0 fully saturated rings. The van der Waals surface area contributed by atoms with E-state index in [2.05, 4.69) is 10.5 Å². The molecule has 13 heteroatoms. The number of phenolic OH excluding ortho intramolecular Hbond substituents is 1. The Hall–Kier alpha value is -4.23. The number of ketones is 2. The van der Waals surface area contributed by atoms with Crippen LogP contribution in [-0.2, 0) is 16.0 Å². The van der Waals surface area contributed by atoms with Crippen LogP contribution in [0.15, 0.2) is 39.9 Å². The largest absolute Gasteiger partial charge is 0.510 e. The van der Waals surface area contributed by atoms with E-state index in [0.717, 1.165) is 0 Å². The number of aliphatic hydroxyl groups is 3. The van der Waals surface area contributed by atoms with Crippen molar-refractivity contribution in [1.29, 1.82) is 0 Å². The molecule has 37 heavy (non-hydrogen) atoms. The number of primary amides is 2. The van der Waals surface area contributed by atoms with Crippen LogP contribution in [0.25, 0.3) is 0 Å². The number of hydrogen-bond donors (Lipinski definition) is 7. The van der Waals surface area contributed by atoms with E-state index in [-0.39, 0.29) is 29.7 Å². The Balaban J connectivity index is 1.93. The van der Waals surface area contributed by atoms with E-state index >= 15 is 0 Å². The molecule has 0 saturated carbocycles. The predicted octanol–water partition coefficient (Wildman–Crippen LogP) is -0.487. The molecule has 0 saturated heterocycles. The fourth-order valence-electron chi connectivity index (χ4n) is 5.79. The van der Waals surface area contributed by atoms with Crippen molar-refractivity contribution >= 4 is 29.2 Å². The van der Waals surface area contributed by atoms with E-state index in [4.69, 9.17) is 11.5 Å². The molecule has 0 radical (unpaired) electrons. The molecular weight excluding hydrogens is 486 g/mol. The zero-order chi connectivity index (χ0) is 27.6. The minimum Gasteiger partial charge on any atom is -0.510 e. The van der Waals surface area contributed by atoms with E-state index in [1.165, 1.54) is 17.0 Å². The van der Waals surface area contributed by atoms with Gasteiger partial charge in [-0.05, 0) is 57.5 Å². The van der Waals surface area contributed by atoms with E-state index in [1.54, 1.807) is 21.0 Å². The second-order valence-electron chi connectivity index (χ2n) is 9.62. The highest BCUT2D eigenvalue weighted by molar-refractivity contribution is 6.25. The molecule has 0 unspecified atom stereocenters. The van der Waals surface area contributed by atoms with Gasteiger partial charge >= 0.3 is 6.03 Å². The summed E-state index contributed by atoms with van der Waals surface area (Å²) in [7, 11) is 3.10. The van der Waals surface area contributed by atoms with E-state index in [0.29, 0.717) is 11.1 Å². The molecule has 3 aliphatic rings. The second kappa shape index (κ2) is 8.71. The molecule has 196 valence electrons. The van der Waals surface area contributed by atoms with Crippen LogP contribution in [0.4, 0.5) is 4.79 Å². The first-order chi connectivity index (χ1) is 17.2. The standard InChI is InChI=1S/C24H27N5O8/c1-8(27-28-23(26)36)10-4-5-13(30)15-11(10)6-9-7-12-17(29(2)3)19(32)16(22(25)35)21(34)24(12,37)20(33)14(9)18(15)31/h4-5,9,12,17,30,32-33,37H,6-7H2,1-3H3,(H2,25,35)(H3,26,28,36)/b27-8-/t9-,12-,17+,24-/m1/s1. The molecule has 4 rings (SSSR count). The van der Waals surface area contributed by atoms with Gasteiger partial charge in [0.15, 0.2) is 11.4 Å². The number of fused-ring (bicyclic) bond motifs is 3. The number of likely N-dealkylation sites (N-methyl/N-ethyl adjacent to an activating group) is 1. The highest BCUT2D eigenvalue weighted by Gasteiger charge is 2.63. The minimum absolute atomic E-state index is 0.0451. The number of nitrogens with zero attached hydrogens (tertiary/aromatic N) is 2. The molecular formula is C24H27N5O8. The van der Waals surface area contributed by atoms with Crippen LogP contribution in [-0.4, -0.2) is 80.3 Å². The molecule has 0 aromatic heterocycles. The first-order valence-electron chi connectivity index (χ1n) is 11.3. The van der Waals surface area contributed by atoms with E-state index in [1.807, 2.05) is 0 Å². The predicted molar refractivity (Wildman–Crippen MR) is 129 cm³/mol. The summed E-state index contributed by atoms with van der Waals surface area (Å²) in [5, 5.41) is 48.1. The van der Waals surface area contributed by atoms with Crippen LogP contribution in [0, 0.1) is 11.8 Å². The summed E-state index contributed by atoms with van der Waals surface area (Å²) in [5.74, 6) is -7.27. The molecule has 3 aliphatic carbocycles. The molecule has 1 aromatic rings. The summed E-state index contributed by atoms with van der Waals surface area (Å²) < 4.78 is 0. The SMILES string of the molecule is C/C(=N/NC(N)=O)c1ccc(O)c2c1C[C@@H]1C[C@@H]3[C@H](N(C)C)C(O)=C(C(N)=O)C(=O)[C@]3(O)C(O)=C1C2=O. The van der Waals surface area contributed by atoms with Crippen LogP contribution in [0.1, 0.15) is 34.8 Å². The lowest BCUT2D eigenvalue weighted by Gasteiger charge is -2.50. The number of carbonyl (C=O) groups is 4. The highest BCUT2D eigenvalue weighted by atomic mass is 16.3. The Morgan fingerprint density at radius 1 is 1.16 bits per heavy atom. The number of allylic oxidation sites excluding steroid dienone is 1. The third kappa shape index (κ3) is 3.65. The number of nitrogens with one attached hydrogen (secondary N) is 1. The number of nitrogens with two attached hydrogens (primary N) is 2. The van der Waals surface area contributed by atoms with Gasteiger partial charge in [0, 0.05) is 17.1 Å². The monoisotopic (exact) mass is 513 g/mol. The van der Waals surface area contributed by atoms with Crippen molar-refractivity contribution in [3.8, 4) is 5.75 Å². The molecule has 0 aliphatic heterocycles. The van der Waals surface area contributed by atoms with Gasteiger partial charge in [0.25, 0.3) is 5.91 Å². The Morgan fingerprint density at radius 3 is 2.38 bits per heavy atom. The highest BCUT2D eigenvalue weighted by Crippen LogP contribution is 2.52. The summed E-state index contributed by atoms with van der Waals surface area (Å²) in [5.41, 5.74) is 9.59. The molecule has 1 aromatic carbocycles. The van der Waals surface area contributed by atoms with Crippen LogP contribution in [0.2, 0.25) is 0 Å². The maximum Gasteiger partial charge on any atom is 0.332 e. The van der Waals surface area contributed by atoms with Gasteiger partial charge in [0.1, 0.15) is 22.8 Å². The Morgan fingerprint density at radius 2 is 1.81 bits per heavy atom. The molecule has 13 nitrogen and oxygen atoms in total. The topological polar surface area (TPSA) is 229 Å². The van der Waals surface area contributed by atoms with Crippen LogP contribution < -0.4 is 16.9 Å². The zero-order valence-electron chi connectivity index (χ0n) is 20.3. The number of hydrogen-bond acceptors (Lipinski definition) is 10. The Bertz CT molecular complexity index is 1360. The molecule has 0 bridgehead atoms. The van der Waals surface area contributed by atoms with Crippen molar-refractivity contribution in [2.45, 2.75) is 31.4 Å². The van der Waals surface area contributed by atoms with Gasteiger partial charge in [0.2, 0.25) is 5.78 Å². The lowest BCUT2D eigenvalue weighted by Crippen LogP contribution is -2.63. The Kier molecular flexibility index (Phi) is 6.08. The van der Waals surface area contributed by atoms with Crippen molar-refractivity contribution in [3.63, 3.8) is 0 Å². The van der Waals surface area contributed by atoms with Gasteiger partial charge in [-0.1, -0.05) is 0 Å². The summed E-state index contributed by atoms with van der Waals surface area (Å²) in [4.78, 5) is 51.5. The van der Waals surface area contributed by atoms with Crippen molar-refractivity contribution in [3.05, 3.63) is 51.5 Å². The van der Waals surface area contributed by atoms with Crippen LogP contribution >= 0.6 is 0 Å². The van der Waals surface area contributed by atoms with Gasteiger partial charge in [0.05, 0.1) is 17.3 Å². The lowest BCUT2D eigenvalue weighted by atomic mass is 9.58. The van der Waals surface area contributed by atoms with Crippen molar-refractivity contribution < 1.29 is 39.6 Å². The zero-order valence-corrected chi connectivity index (χ0v) is 20.3. The summed E-state index contributed by atoms with van der Waals surface area (Å²) in [6.45, 7) is 1.56. The number of rotatable bonds is 4. The van der Waals surface area contributed by atoms with E-state index in [9.17, 15) is 39.6 Å². The fourth-order valence-corrected chi connectivity index (χ4v) is 5.79. The molecule has 0 spiro atoms. The van der Waals surface area contributed by atoms with Gasteiger partial charge in [-0.3, -0.25) is 19.3 Å². The van der Waals surface area contributed by atoms with Gasteiger partial charge in [-0.15, -0.1) is 0 Å². The molecule has 3 amide bonds. The first-order valence-corrected chi connectivity index (χ1v) is 11.3. The number of Topliss-reactive ketones (excluding diaryl/α,β-unsaturated/α-hetero) is 2. The number of amides is 3. The van der Waals surface area contributed by atoms with Crippen molar-refractivity contribution in [2.75, 3.05) is 14.1 Å². The maximum absolute atomic E-state index is 13.6. The van der Waals surface area contributed by atoms with Crippen molar-refractivity contribution in [2.24, 2.45) is 28.4 Å². The number of hydrazone groups is 1.